The fourth-order valence-electron chi connectivity index (χ4n) is 3.10. The van der Waals surface area contributed by atoms with Crippen molar-refractivity contribution < 1.29 is 0 Å². The van der Waals surface area contributed by atoms with Crippen molar-refractivity contribution >= 4 is 56.4 Å². The summed E-state index contributed by atoms with van der Waals surface area (Å²) >= 11 is 12.1. The molecule has 0 spiro atoms. The van der Waals surface area contributed by atoms with Gasteiger partial charge in [0.05, 0.1) is 11.0 Å². The summed E-state index contributed by atoms with van der Waals surface area (Å²) < 4.78 is 0. The topological polar surface area (TPSA) is 49.8 Å². The van der Waals surface area contributed by atoms with Crippen LogP contribution in [-0.2, 0) is 0 Å². The van der Waals surface area contributed by atoms with Crippen LogP contribution in [0.4, 0.5) is 11.4 Å². The molecule has 4 nitrogen and oxygen atoms in total. The van der Waals surface area contributed by atoms with Crippen LogP contribution in [0.2, 0.25) is 10.0 Å². The van der Waals surface area contributed by atoms with Gasteiger partial charge in [0.2, 0.25) is 0 Å². The van der Waals surface area contributed by atoms with E-state index in [2.05, 4.69) is 27.5 Å². The van der Waals surface area contributed by atoms with E-state index in [1.165, 1.54) is 0 Å². The molecular weight excluding hydrogens is 379 g/mol. The molecule has 2 aromatic heterocycles. The van der Waals surface area contributed by atoms with Crippen LogP contribution < -0.4 is 10.6 Å². The van der Waals surface area contributed by atoms with Crippen molar-refractivity contribution in [2.45, 2.75) is 13.0 Å². The molecule has 1 unspecified atom stereocenters. The van der Waals surface area contributed by atoms with Crippen LogP contribution in [0, 0.1) is 0 Å². The van der Waals surface area contributed by atoms with E-state index in [0.717, 1.165) is 39.7 Å². The first-order valence-electron chi connectivity index (χ1n) is 8.69. The largest absolute Gasteiger partial charge is 0.382 e. The Kier molecular flexibility index (Phi) is 5.01. The van der Waals surface area contributed by atoms with Crippen LogP contribution in [0.3, 0.4) is 0 Å². The standard InChI is InChI=1S/C21H18Cl2N4/c1-13(27-19-7-9-25-21-11-15(23)3-5-17(19)21)12-26-18-6-8-24-20-10-14(22)2-4-16(18)20/h2-11,13H,12H2,1H3,(H,24,26)(H,25,27). The smallest absolute Gasteiger partial charge is 0.0737 e. The zero-order valence-corrected chi connectivity index (χ0v) is 16.2. The lowest BCUT2D eigenvalue weighted by atomic mass is 10.1. The van der Waals surface area contributed by atoms with Gasteiger partial charge in [0.1, 0.15) is 0 Å². The fourth-order valence-corrected chi connectivity index (χ4v) is 3.43. The number of pyridine rings is 2. The number of hydrogen-bond acceptors (Lipinski definition) is 4. The number of nitrogens with one attached hydrogen (secondary N) is 2. The Balaban J connectivity index is 1.50. The van der Waals surface area contributed by atoms with Gasteiger partial charge >= 0.3 is 0 Å². The van der Waals surface area contributed by atoms with Gasteiger partial charge in [-0.05, 0) is 55.5 Å². The van der Waals surface area contributed by atoms with Crippen molar-refractivity contribution in [1.82, 2.24) is 9.97 Å². The highest BCUT2D eigenvalue weighted by molar-refractivity contribution is 6.31. The molecule has 2 aromatic carbocycles. The van der Waals surface area contributed by atoms with Gasteiger partial charge in [0, 0.05) is 57.2 Å². The van der Waals surface area contributed by atoms with Gasteiger partial charge in [-0.25, -0.2) is 0 Å². The molecule has 136 valence electrons. The van der Waals surface area contributed by atoms with E-state index in [1.807, 2.05) is 48.5 Å². The van der Waals surface area contributed by atoms with Crippen molar-refractivity contribution in [3.05, 3.63) is 71.0 Å². The predicted molar refractivity (Wildman–Crippen MR) is 115 cm³/mol. The average Bonchev–Trinajstić information content (AvgIpc) is 2.66. The predicted octanol–water partition coefficient (Wildman–Crippen LogP) is 6.00. The van der Waals surface area contributed by atoms with E-state index in [1.54, 1.807) is 12.4 Å². The number of hydrogen-bond donors (Lipinski definition) is 2. The SMILES string of the molecule is CC(CNc1ccnc2cc(Cl)ccc12)Nc1ccnc2cc(Cl)ccc12. The quantitative estimate of drug-likeness (QED) is 0.434. The van der Waals surface area contributed by atoms with Gasteiger partial charge in [-0.1, -0.05) is 23.2 Å². The first-order valence-corrected chi connectivity index (χ1v) is 9.45. The molecule has 2 heterocycles. The maximum Gasteiger partial charge on any atom is 0.0737 e. The summed E-state index contributed by atoms with van der Waals surface area (Å²) in [6.45, 7) is 2.88. The Morgan fingerprint density at radius 1 is 0.815 bits per heavy atom. The van der Waals surface area contributed by atoms with E-state index in [0.29, 0.717) is 10.0 Å². The van der Waals surface area contributed by atoms with Crippen molar-refractivity contribution in [2.24, 2.45) is 0 Å². The number of benzene rings is 2. The summed E-state index contributed by atoms with van der Waals surface area (Å²) in [5.41, 5.74) is 3.84. The first kappa shape index (κ1) is 17.8. The molecule has 0 amide bonds. The zero-order chi connectivity index (χ0) is 18.8. The molecule has 0 bridgehead atoms. The lowest BCUT2D eigenvalue weighted by Gasteiger charge is -2.18. The number of nitrogens with zero attached hydrogens (tertiary/aromatic N) is 2. The highest BCUT2D eigenvalue weighted by atomic mass is 35.5. The highest BCUT2D eigenvalue weighted by Crippen LogP contribution is 2.26. The van der Waals surface area contributed by atoms with Crippen molar-refractivity contribution in [3.63, 3.8) is 0 Å². The zero-order valence-electron chi connectivity index (χ0n) is 14.7. The molecule has 0 aliphatic carbocycles. The second kappa shape index (κ2) is 7.59. The van der Waals surface area contributed by atoms with Crippen LogP contribution in [0.15, 0.2) is 60.9 Å². The van der Waals surface area contributed by atoms with Gasteiger partial charge in [0.25, 0.3) is 0 Å². The second-order valence-electron chi connectivity index (χ2n) is 6.47. The van der Waals surface area contributed by atoms with Crippen molar-refractivity contribution in [2.75, 3.05) is 17.2 Å². The minimum absolute atomic E-state index is 0.196. The third-order valence-electron chi connectivity index (χ3n) is 4.41. The first-order chi connectivity index (χ1) is 13.1. The minimum Gasteiger partial charge on any atom is -0.382 e. The Hall–Kier alpha value is -2.56. The number of fused-ring (bicyclic) bond motifs is 2. The maximum absolute atomic E-state index is 6.07. The molecular formula is C21H18Cl2N4. The molecule has 6 heteroatoms. The normalized spacial score (nSPS) is 12.3. The van der Waals surface area contributed by atoms with Crippen LogP contribution in [0.25, 0.3) is 21.8 Å². The Labute approximate surface area is 167 Å². The fraction of sp³-hybridized carbons (Fsp3) is 0.143. The lowest BCUT2D eigenvalue weighted by Crippen LogP contribution is -2.25. The minimum atomic E-state index is 0.196. The van der Waals surface area contributed by atoms with E-state index < -0.39 is 0 Å². The van der Waals surface area contributed by atoms with Gasteiger partial charge in [0.15, 0.2) is 0 Å². The molecule has 4 aromatic rings. The third kappa shape index (κ3) is 3.92. The van der Waals surface area contributed by atoms with E-state index in [-0.39, 0.29) is 6.04 Å². The Morgan fingerprint density at radius 3 is 2.00 bits per heavy atom. The highest BCUT2D eigenvalue weighted by Gasteiger charge is 2.08. The van der Waals surface area contributed by atoms with Crippen LogP contribution in [0.1, 0.15) is 6.92 Å². The summed E-state index contributed by atoms with van der Waals surface area (Å²) in [7, 11) is 0. The second-order valence-corrected chi connectivity index (χ2v) is 7.34. The summed E-state index contributed by atoms with van der Waals surface area (Å²) in [5, 5.41) is 10.5. The van der Waals surface area contributed by atoms with Gasteiger partial charge < -0.3 is 10.6 Å². The number of rotatable bonds is 5. The molecule has 27 heavy (non-hydrogen) atoms. The maximum atomic E-state index is 6.07. The van der Waals surface area contributed by atoms with Crippen LogP contribution in [0.5, 0.6) is 0 Å². The number of anilines is 2. The van der Waals surface area contributed by atoms with Crippen LogP contribution >= 0.6 is 23.2 Å². The molecule has 0 saturated carbocycles. The molecule has 1 atom stereocenters. The van der Waals surface area contributed by atoms with Crippen LogP contribution in [-0.4, -0.2) is 22.6 Å². The third-order valence-corrected chi connectivity index (χ3v) is 4.88. The monoisotopic (exact) mass is 396 g/mol. The Bertz CT molecular complexity index is 1110. The molecule has 2 N–H and O–H groups in total. The number of halogens is 2. The van der Waals surface area contributed by atoms with Gasteiger partial charge in [-0.2, -0.15) is 0 Å². The summed E-state index contributed by atoms with van der Waals surface area (Å²) in [5.74, 6) is 0. The van der Waals surface area contributed by atoms with Crippen molar-refractivity contribution in [1.29, 1.82) is 0 Å². The van der Waals surface area contributed by atoms with E-state index in [9.17, 15) is 0 Å². The molecule has 4 rings (SSSR count). The lowest BCUT2D eigenvalue weighted by molar-refractivity contribution is 0.837. The number of aromatic nitrogens is 2. The van der Waals surface area contributed by atoms with Gasteiger partial charge in [-0.15, -0.1) is 0 Å². The molecule has 0 aliphatic rings. The molecule has 0 fully saturated rings. The summed E-state index contributed by atoms with van der Waals surface area (Å²) in [4.78, 5) is 8.77. The molecule has 0 saturated heterocycles. The van der Waals surface area contributed by atoms with E-state index >= 15 is 0 Å². The molecule has 0 aliphatic heterocycles. The van der Waals surface area contributed by atoms with Crippen molar-refractivity contribution in [3.8, 4) is 0 Å². The van der Waals surface area contributed by atoms with E-state index in [4.69, 9.17) is 23.2 Å². The molecule has 0 radical (unpaired) electrons. The summed E-state index contributed by atoms with van der Waals surface area (Å²) in [6, 6.07) is 15.7. The van der Waals surface area contributed by atoms with Gasteiger partial charge in [-0.3, -0.25) is 9.97 Å². The Morgan fingerprint density at radius 2 is 1.37 bits per heavy atom. The average molecular weight is 397 g/mol. The summed E-state index contributed by atoms with van der Waals surface area (Å²) in [6.07, 6.45) is 3.58.